The molecule has 1 heterocycles. The molecule has 21 heavy (non-hydrogen) atoms. The quantitative estimate of drug-likeness (QED) is 0.847. The molecule has 2 aliphatic rings. The average Bonchev–Trinajstić information content (AvgIpc) is 2.54. The highest BCUT2D eigenvalue weighted by Crippen LogP contribution is 2.50. The standard InChI is InChI=1S/C16H20BrNO3/c17-12-8-11(9-19)14-15(21-7-6-20-14)13(12)16(10-18)4-2-1-3-5-16/h8-9H,1-7,10,18H2. The zero-order valence-corrected chi connectivity index (χ0v) is 13.6. The monoisotopic (exact) mass is 353 g/mol. The number of nitrogens with two attached hydrogens (primary N) is 1. The minimum atomic E-state index is -0.0801. The van der Waals surface area contributed by atoms with Gasteiger partial charge in [0.2, 0.25) is 0 Å². The molecule has 1 aliphatic carbocycles. The van der Waals surface area contributed by atoms with Gasteiger partial charge in [-0.15, -0.1) is 0 Å². The van der Waals surface area contributed by atoms with Crippen LogP contribution in [0.4, 0.5) is 0 Å². The number of ether oxygens (including phenoxy) is 2. The first-order valence-electron chi connectivity index (χ1n) is 7.50. The summed E-state index contributed by atoms with van der Waals surface area (Å²) in [6.45, 7) is 1.57. The van der Waals surface area contributed by atoms with Gasteiger partial charge in [0.1, 0.15) is 13.2 Å². The summed E-state index contributed by atoms with van der Waals surface area (Å²) in [5.41, 5.74) is 7.69. The highest BCUT2D eigenvalue weighted by atomic mass is 79.9. The fourth-order valence-corrected chi connectivity index (χ4v) is 4.42. The van der Waals surface area contributed by atoms with E-state index in [9.17, 15) is 4.79 Å². The van der Waals surface area contributed by atoms with Crippen LogP contribution in [0.5, 0.6) is 11.5 Å². The lowest BCUT2D eigenvalue weighted by Gasteiger charge is -2.39. The van der Waals surface area contributed by atoms with E-state index in [1.54, 1.807) is 0 Å². The van der Waals surface area contributed by atoms with E-state index >= 15 is 0 Å². The maximum atomic E-state index is 11.3. The van der Waals surface area contributed by atoms with Crippen molar-refractivity contribution in [3.05, 3.63) is 21.7 Å². The lowest BCUT2D eigenvalue weighted by atomic mass is 9.69. The van der Waals surface area contributed by atoms with Crippen LogP contribution >= 0.6 is 15.9 Å². The Morgan fingerprint density at radius 1 is 1.19 bits per heavy atom. The van der Waals surface area contributed by atoms with Gasteiger partial charge in [0.15, 0.2) is 17.8 Å². The molecule has 114 valence electrons. The van der Waals surface area contributed by atoms with E-state index in [1.807, 2.05) is 6.07 Å². The van der Waals surface area contributed by atoms with Crippen LogP contribution in [0.25, 0.3) is 0 Å². The van der Waals surface area contributed by atoms with Gasteiger partial charge >= 0.3 is 0 Å². The number of aldehydes is 1. The zero-order chi connectivity index (χ0) is 14.9. The SMILES string of the molecule is NCC1(c2c(Br)cc(C=O)c3c2OCCO3)CCCCC1. The normalized spacial score (nSPS) is 20.1. The Kier molecular flexibility index (Phi) is 4.22. The van der Waals surface area contributed by atoms with Gasteiger partial charge in [-0.05, 0) is 18.9 Å². The number of hydrogen-bond donors (Lipinski definition) is 1. The van der Waals surface area contributed by atoms with Gasteiger partial charge in [-0.2, -0.15) is 0 Å². The number of fused-ring (bicyclic) bond motifs is 1. The van der Waals surface area contributed by atoms with Gasteiger partial charge in [0.25, 0.3) is 0 Å². The molecular weight excluding hydrogens is 334 g/mol. The summed E-state index contributed by atoms with van der Waals surface area (Å²) in [6.07, 6.45) is 6.53. The van der Waals surface area contributed by atoms with E-state index in [0.717, 1.165) is 29.2 Å². The lowest BCUT2D eigenvalue weighted by molar-refractivity contribution is 0.111. The molecular formula is C16H20BrNO3. The predicted molar refractivity (Wildman–Crippen MR) is 84.3 cm³/mol. The summed E-state index contributed by atoms with van der Waals surface area (Å²) in [6, 6.07) is 1.84. The Labute approximate surface area is 133 Å². The van der Waals surface area contributed by atoms with Crippen molar-refractivity contribution in [2.75, 3.05) is 19.8 Å². The zero-order valence-electron chi connectivity index (χ0n) is 12.0. The first-order chi connectivity index (χ1) is 10.2. The van der Waals surface area contributed by atoms with Gasteiger partial charge in [0.05, 0.1) is 5.56 Å². The topological polar surface area (TPSA) is 61.6 Å². The Hall–Kier alpha value is -1.07. The Morgan fingerprint density at radius 3 is 2.48 bits per heavy atom. The summed E-state index contributed by atoms with van der Waals surface area (Å²) < 4.78 is 12.5. The first-order valence-corrected chi connectivity index (χ1v) is 8.29. The van der Waals surface area contributed by atoms with Gasteiger partial charge in [-0.25, -0.2) is 0 Å². The van der Waals surface area contributed by atoms with Crippen molar-refractivity contribution in [3.8, 4) is 11.5 Å². The molecule has 1 aromatic carbocycles. The van der Waals surface area contributed by atoms with Crippen molar-refractivity contribution in [3.63, 3.8) is 0 Å². The van der Waals surface area contributed by atoms with Crippen LogP contribution in [0.1, 0.15) is 48.0 Å². The summed E-state index contributed by atoms with van der Waals surface area (Å²) in [7, 11) is 0. The van der Waals surface area contributed by atoms with E-state index in [0.29, 0.717) is 36.8 Å². The van der Waals surface area contributed by atoms with E-state index in [-0.39, 0.29) is 5.41 Å². The van der Waals surface area contributed by atoms with Gasteiger partial charge in [-0.1, -0.05) is 35.2 Å². The Balaban J connectivity index is 2.19. The van der Waals surface area contributed by atoms with Crippen molar-refractivity contribution >= 4 is 22.2 Å². The lowest BCUT2D eigenvalue weighted by Crippen LogP contribution is -2.38. The van der Waals surface area contributed by atoms with E-state index in [1.165, 1.54) is 19.3 Å². The van der Waals surface area contributed by atoms with Crippen LogP contribution in [0.2, 0.25) is 0 Å². The van der Waals surface area contributed by atoms with Crippen molar-refractivity contribution in [2.24, 2.45) is 5.73 Å². The summed E-state index contributed by atoms with van der Waals surface area (Å²) in [4.78, 5) is 11.3. The molecule has 0 unspecified atom stereocenters. The molecule has 5 heteroatoms. The van der Waals surface area contributed by atoms with Crippen LogP contribution < -0.4 is 15.2 Å². The molecule has 0 atom stereocenters. The first kappa shape index (κ1) is 14.9. The third-order valence-corrected chi connectivity index (χ3v) is 5.28. The fraction of sp³-hybridized carbons (Fsp3) is 0.562. The summed E-state index contributed by atoms with van der Waals surface area (Å²) in [5.74, 6) is 1.29. The molecule has 0 bridgehead atoms. The van der Waals surface area contributed by atoms with Gasteiger partial charge in [-0.3, -0.25) is 4.79 Å². The molecule has 0 saturated heterocycles. The maximum absolute atomic E-state index is 11.3. The van der Waals surface area contributed by atoms with E-state index in [4.69, 9.17) is 15.2 Å². The second-order valence-electron chi connectivity index (χ2n) is 5.84. The summed E-state index contributed by atoms with van der Waals surface area (Å²) >= 11 is 3.63. The molecule has 1 aliphatic heterocycles. The molecule has 0 radical (unpaired) electrons. The maximum Gasteiger partial charge on any atom is 0.172 e. The smallest absolute Gasteiger partial charge is 0.172 e. The third-order valence-electron chi connectivity index (χ3n) is 4.65. The average molecular weight is 354 g/mol. The molecule has 2 N–H and O–H groups in total. The largest absolute Gasteiger partial charge is 0.486 e. The molecule has 0 aromatic heterocycles. The highest BCUT2D eigenvalue weighted by molar-refractivity contribution is 9.10. The van der Waals surface area contributed by atoms with Gasteiger partial charge < -0.3 is 15.2 Å². The number of halogens is 1. The van der Waals surface area contributed by atoms with Crippen molar-refractivity contribution < 1.29 is 14.3 Å². The minimum Gasteiger partial charge on any atom is -0.486 e. The minimum absolute atomic E-state index is 0.0801. The van der Waals surface area contributed by atoms with Gasteiger partial charge in [0, 0.05) is 22.0 Å². The molecule has 4 nitrogen and oxygen atoms in total. The number of hydrogen-bond acceptors (Lipinski definition) is 4. The summed E-state index contributed by atoms with van der Waals surface area (Å²) in [5, 5.41) is 0. The molecule has 1 saturated carbocycles. The third kappa shape index (κ3) is 2.46. The fourth-order valence-electron chi connectivity index (χ4n) is 3.57. The van der Waals surface area contributed by atoms with E-state index in [2.05, 4.69) is 15.9 Å². The van der Waals surface area contributed by atoms with Crippen LogP contribution in [-0.4, -0.2) is 26.0 Å². The molecule has 1 fully saturated rings. The van der Waals surface area contributed by atoms with E-state index < -0.39 is 0 Å². The van der Waals surface area contributed by atoms with Crippen molar-refractivity contribution in [2.45, 2.75) is 37.5 Å². The number of benzene rings is 1. The highest BCUT2D eigenvalue weighted by Gasteiger charge is 2.39. The molecule has 1 aromatic rings. The number of rotatable bonds is 3. The Bertz CT molecular complexity index is 553. The number of carbonyl (C=O) groups is 1. The second-order valence-corrected chi connectivity index (χ2v) is 6.70. The van der Waals surface area contributed by atoms with Crippen LogP contribution in [0, 0.1) is 0 Å². The van der Waals surface area contributed by atoms with Crippen molar-refractivity contribution in [1.82, 2.24) is 0 Å². The van der Waals surface area contributed by atoms with Crippen LogP contribution in [-0.2, 0) is 5.41 Å². The van der Waals surface area contributed by atoms with Crippen LogP contribution in [0.15, 0.2) is 10.5 Å². The predicted octanol–water partition coefficient (Wildman–Crippen LogP) is 3.19. The molecule has 0 spiro atoms. The second kappa shape index (κ2) is 5.97. The molecule has 3 rings (SSSR count). The Morgan fingerprint density at radius 2 is 1.86 bits per heavy atom. The number of carbonyl (C=O) groups excluding carboxylic acids is 1. The molecule has 0 amide bonds. The van der Waals surface area contributed by atoms with Crippen LogP contribution in [0.3, 0.4) is 0 Å². The van der Waals surface area contributed by atoms with Crippen molar-refractivity contribution in [1.29, 1.82) is 0 Å².